The number of carbonyl (C=O) groups excluding carboxylic acids is 2. The fourth-order valence-corrected chi connectivity index (χ4v) is 2.59. The molecule has 0 spiro atoms. The van der Waals surface area contributed by atoms with E-state index in [1.54, 1.807) is 36.4 Å². The number of hydrogen-bond acceptors (Lipinski definition) is 5. The van der Waals surface area contributed by atoms with Crippen LogP contribution in [0.5, 0.6) is 11.5 Å². The van der Waals surface area contributed by atoms with E-state index in [4.69, 9.17) is 21.1 Å². The fraction of sp³-hybridized carbons (Fsp3) is 0.211. The Morgan fingerprint density at radius 1 is 1.15 bits per heavy atom. The molecule has 0 aliphatic carbocycles. The van der Waals surface area contributed by atoms with Gasteiger partial charge in [0.25, 0.3) is 0 Å². The molecule has 1 aliphatic rings. The number of nitrogens with one attached hydrogen (secondary N) is 2. The van der Waals surface area contributed by atoms with Gasteiger partial charge in [-0.2, -0.15) is 5.10 Å². The van der Waals surface area contributed by atoms with E-state index in [1.165, 1.54) is 6.21 Å². The smallest absolute Gasteiger partial charge is 0.240 e. The molecule has 7 nitrogen and oxygen atoms in total. The number of ether oxygens (including phenoxy) is 2. The summed E-state index contributed by atoms with van der Waals surface area (Å²) in [7, 11) is 0. The van der Waals surface area contributed by atoms with Crippen LogP contribution in [0, 0.1) is 6.92 Å². The summed E-state index contributed by atoms with van der Waals surface area (Å²) in [6.45, 7) is 2.01. The second kappa shape index (κ2) is 8.55. The summed E-state index contributed by atoms with van der Waals surface area (Å²) in [5, 5.41) is 7.20. The lowest BCUT2D eigenvalue weighted by molar-refractivity contribution is -0.124. The third-order valence-electron chi connectivity index (χ3n) is 3.92. The number of hydrogen-bond donors (Lipinski definition) is 2. The van der Waals surface area contributed by atoms with Gasteiger partial charge in [0.05, 0.1) is 6.21 Å². The van der Waals surface area contributed by atoms with Crippen molar-refractivity contribution < 1.29 is 19.1 Å². The van der Waals surface area contributed by atoms with Crippen LogP contribution in [0.4, 0.5) is 5.69 Å². The minimum atomic E-state index is -0.357. The molecule has 0 bridgehead atoms. The first-order valence-corrected chi connectivity index (χ1v) is 8.67. The standard InChI is InChI=1S/C19H18ClN3O4/c1-12-14(20)3-2-4-15(12)22-18(24)7-8-19(25)23-21-10-13-5-6-16-17(9-13)27-11-26-16/h2-6,9-10H,7-8,11H2,1H3,(H,22,24)(H,23,25). The number of nitrogens with zero attached hydrogens (tertiary/aromatic N) is 1. The Morgan fingerprint density at radius 2 is 1.93 bits per heavy atom. The molecule has 1 aliphatic heterocycles. The van der Waals surface area contributed by atoms with Crippen LogP contribution in [0.15, 0.2) is 41.5 Å². The van der Waals surface area contributed by atoms with Crippen LogP contribution < -0.4 is 20.2 Å². The van der Waals surface area contributed by atoms with Crippen molar-refractivity contribution in [2.24, 2.45) is 5.10 Å². The molecule has 0 aromatic heterocycles. The third kappa shape index (κ3) is 4.98. The minimum absolute atomic E-state index is 0.0178. The van der Waals surface area contributed by atoms with Crippen LogP contribution in [0.3, 0.4) is 0 Å². The zero-order chi connectivity index (χ0) is 19.2. The molecule has 140 valence electrons. The van der Waals surface area contributed by atoms with E-state index in [1.807, 2.05) is 6.92 Å². The van der Waals surface area contributed by atoms with Gasteiger partial charge in [-0.15, -0.1) is 0 Å². The molecule has 0 atom stereocenters. The summed E-state index contributed by atoms with van der Waals surface area (Å²) in [4.78, 5) is 23.8. The van der Waals surface area contributed by atoms with Crippen molar-refractivity contribution >= 4 is 35.3 Å². The first-order valence-electron chi connectivity index (χ1n) is 8.29. The van der Waals surface area contributed by atoms with Crippen LogP contribution in [0.2, 0.25) is 5.02 Å². The summed E-state index contributed by atoms with van der Waals surface area (Å²) < 4.78 is 10.5. The Balaban J connectivity index is 1.44. The number of halogens is 1. The van der Waals surface area contributed by atoms with Crippen LogP contribution in [-0.2, 0) is 9.59 Å². The molecule has 2 aromatic carbocycles. The second-order valence-electron chi connectivity index (χ2n) is 5.87. The summed E-state index contributed by atoms with van der Waals surface area (Å²) in [6, 6.07) is 10.6. The maximum atomic E-state index is 12.0. The first-order chi connectivity index (χ1) is 13.0. The highest BCUT2D eigenvalue weighted by Gasteiger charge is 2.12. The van der Waals surface area contributed by atoms with Gasteiger partial charge in [0, 0.05) is 23.6 Å². The summed E-state index contributed by atoms with van der Waals surface area (Å²) in [5.74, 6) is 0.690. The predicted molar refractivity (Wildman–Crippen MR) is 102 cm³/mol. The van der Waals surface area contributed by atoms with Gasteiger partial charge in [0.15, 0.2) is 11.5 Å². The summed E-state index contributed by atoms with van der Waals surface area (Å²) >= 11 is 6.02. The van der Waals surface area contributed by atoms with Crippen molar-refractivity contribution in [2.75, 3.05) is 12.1 Å². The van der Waals surface area contributed by atoms with Crippen molar-refractivity contribution in [2.45, 2.75) is 19.8 Å². The van der Waals surface area contributed by atoms with Gasteiger partial charge in [-0.25, -0.2) is 5.43 Å². The van der Waals surface area contributed by atoms with Gasteiger partial charge in [-0.1, -0.05) is 17.7 Å². The van der Waals surface area contributed by atoms with E-state index < -0.39 is 0 Å². The summed E-state index contributed by atoms with van der Waals surface area (Å²) in [6.07, 6.45) is 1.55. The van der Waals surface area contributed by atoms with E-state index in [2.05, 4.69) is 15.8 Å². The van der Waals surface area contributed by atoms with E-state index >= 15 is 0 Å². The molecule has 0 saturated heterocycles. The summed E-state index contributed by atoms with van der Waals surface area (Å²) in [5.41, 5.74) is 4.57. The van der Waals surface area contributed by atoms with Crippen molar-refractivity contribution in [3.63, 3.8) is 0 Å². The first kappa shape index (κ1) is 18.7. The molecular weight excluding hydrogens is 370 g/mol. The van der Waals surface area contributed by atoms with Crippen LogP contribution in [-0.4, -0.2) is 24.8 Å². The number of carbonyl (C=O) groups is 2. The molecule has 1 heterocycles. The molecule has 0 fully saturated rings. The molecule has 2 N–H and O–H groups in total. The highest BCUT2D eigenvalue weighted by molar-refractivity contribution is 6.31. The molecule has 3 rings (SSSR count). The van der Waals surface area contributed by atoms with Gasteiger partial charge in [0.1, 0.15) is 0 Å². The largest absolute Gasteiger partial charge is 0.454 e. The van der Waals surface area contributed by atoms with Crippen molar-refractivity contribution in [3.8, 4) is 11.5 Å². The Hall–Kier alpha value is -3.06. The fourth-order valence-electron chi connectivity index (χ4n) is 2.41. The molecule has 0 radical (unpaired) electrons. The molecule has 8 heteroatoms. The quantitative estimate of drug-likeness (QED) is 0.588. The topological polar surface area (TPSA) is 89.0 Å². The molecule has 0 saturated carbocycles. The average Bonchev–Trinajstić information content (AvgIpc) is 3.12. The van der Waals surface area contributed by atoms with E-state index in [-0.39, 0.29) is 31.4 Å². The Bertz CT molecular complexity index is 899. The lowest BCUT2D eigenvalue weighted by atomic mass is 10.2. The van der Waals surface area contributed by atoms with Gasteiger partial charge < -0.3 is 14.8 Å². The normalized spacial score (nSPS) is 12.2. The van der Waals surface area contributed by atoms with Crippen LogP contribution >= 0.6 is 11.6 Å². The maximum absolute atomic E-state index is 12.0. The number of rotatable bonds is 6. The number of anilines is 1. The second-order valence-corrected chi connectivity index (χ2v) is 6.27. The molecule has 2 amide bonds. The van der Waals surface area contributed by atoms with E-state index in [9.17, 15) is 9.59 Å². The van der Waals surface area contributed by atoms with E-state index in [0.717, 1.165) is 11.1 Å². The lowest BCUT2D eigenvalue weighted by Crippen LogP contribution is -2.20. The Labute approximate surface area is 161 Å². The van der Waals surface area contributed by atoms with Crippen molar-refractivity contribution in [1.29, 1.82) is 0 Å². The monoisotopic (exact) mass is 387 g/mol. The van der Waals surface area contributed by atoms with Gasteiger partial charge in [0.2, 0.25) is 18.6 Å². The highest BCUT2D eigenvalue weighted by Crippen LogP contribution is 2.31. The van der Waals surface area contributed by atoms with Crippen molar-refractivity contribution in [1.82, 2.24) is 5.43 Å². The Kier molecular flexibility index (Phi) is 5.93. The number of hydrazone groups is 1. The maximum Gasteiger partial charge on any atom is 0.240 e. The number of fused-ring (bicyclic) bond motifs is 1. The van der Waals surface area contributed by atoms with Gasteiger partial charge in [-0.3, -0.25) is 9.59 Å². The highest BCUT2D eigenvalue weighted by atomic mass is 35.5. The molecular formula is C19H18ClN3O4. The average molecular weight is 388 g/mol. The lowest BCUT2D eigenvalue weighted by Gasteiger charge is -2.09. The van der Waals surface area contributed by atoms with Gasteiger partial charge in [-0.05, 0) is 48.4 Å². The zero-order valence-electron chi connectivity index (χ0n) is 14.6. The van der Waals surface area contributed by atoms with Crippen molar-refractivity contribution in [3.05, 3.63) is 52.5 Å². The predicted octanol–water partition coefficient (Wildman–Crippen LogP) is 3.25. The van der Waals surface area contributed by atoms with E-state index in [0.29, 0.717) is 22.2 Å². The SMILES string of the molecule is Cc1c(Cl)cccc1NC(=O)CCC(=O)NN=Cc1ccc2c(c1)OCO2. The third-order valence-corrected chi connectivity index (χ3v) is 4.33. The molecule has 0 unspecified atom stereocenters. The zero-order valence-corrected chi connectivity index (χ0v) is 15.4. The molecule has 2 aromatic rings. The molecule has 27 heavy (non-hydrogen) atoms. The number of benzene rings is 2. The number of amides is 2. The Morgan fingerprint density at radius 3 is 2.78 bits per heavy atom. The van der Waals surface area contributed by atoms with Crippen LogP contribution in [0.1, 0.15) is 24.0 Å². The van der Waals surface area contributed by atoms with Gasteiger partial charge >= 0.3 is 0 Å². The van der Waals surface area contributed by atoms with Crippen LogP contribution in [0.25, 0.3) is 0 Å². The minimum Gasteiger partial charge on any atom is -0.454 e.